The second-order valence-corrected chi connectivity index (χ2v) is 4.44. The number of nitro groups is 1. The molecule has 1 unspecified atom stereocenters. The first-order chi connectivity index (χ1) is 9.93. The molecule has 1 aromatic rings. The summed E-state index contributed by atoms with van der Waals surface area (Å²) in [6.45, 7) is 2.14. The van der Waals surface area contributed by atoms with Gasteiger partial charge in [0.25, 0.3) is 5.69 Å². The van der Waals surface area contributed by atoms with E-state index in [0.717, 1.165) is 18.2 Å². The van der Waals surface area contributed by atoms with Gasteiger partial charge in [0.1, 0.15) is 5.82 Å². The largest absolute Gasteiger partial charge is 0.393 e. The summed E-state index contributed by atoms with van der Waals surface area (Å²) in [5.74, 6) is -1.14. The highest BCUT2D eigenvalue weighted by molar-refractivity contribution is 5.92. The molecular formula is C14H17FN2O4. The summed E-state index contributed by atoms with van der Waals surface area (Å²) in [6, 6.07) is 3.12. The molecule has 0 saturated carbocycles. The molecular weight excluding hydrogens is 279 g/mol. The van der Waals surface area contributed by atoms with Crippen molar-refractivity contribution in [1.82, 2.24) is 5.32 Å². The van der Waals surface area contributed by atoms with Crippen LogP contribution in [-0.4, -0.2) is 28.6 Å². The third kappa shape index (κ3) is 5.70. The molecule has 0 heterocycles. The first-order valence-corrected chi connectivity index (χ1v) is 6.52. The molecule has 7 heteroatoms. The molecule has 1 amide bonds. The lowest BCUT2D eigenvalue weighted by molar-refractivity contribution is -0.385. The zero-order valence-electron chi connectivity index (χ0n) is 11.6. The van der Waals surface area contributed by atoms with E-state index in [4.69, 9.17) is 0 Å². The van der Waals surface area contributed by atoms with Crippen molar-refractivity contribution in [1.29, 1.82) is 0 Å². The van der Waals surface area contributed by atoms with Gasteiger partial charge in [-0.2, -0.15) is 0 Å². The second-order valence-electron chi connectivity index (χ2n) is 4.44. The van der Waals surface area contributed by atoms with Crippen LogP contribution in [0, 0.1) is 15.9 Å². The predicted octanol–water partition coefficient (Wildman–Crippen LogP) is 2.02. The molecule has 0 bridgehead atoms. The fourth-order valence-corrected chi connectivity index (χ4v) is 1.61. The minimum Gasteiger partial charge on any atom is -0.393 e. The number of nitrogens with zero attached hydrogens (tertiary/aromatic N) is 1. The number of aliphatic hydroxyl groups is 1. The molecule has 0 aliphatic carbocycles. The van der Waals surface area contributed by atoms with E-state index in [9.17, 15) is 24.4 Å². The fourth-order valence-electron chi connectivity index (χ4n) is 1.61. The van der Waals surface area contributed by atoms with Crippen LogP contribution < -0.4 is 5.32 Å². The van der Waals surface area contributed by atoms with Gasteiger partial charge in [0.15, 0.2) is 0 Å². The Kier molecular flexibility index (Phi) is 6.48. The molecule has 0 fully saturated rings. The molecule has 0 spiro atoms. The van der Waals surface area contributed by atoms with Crippen LogP contribution in [0.2, 0.25) is 0 Å². The van der Waals surface area contributed by atoms with Crippen LogP contribution in [0.1, 0.15) is 25.3 Å². The number of hydrogen-bond donors (Lipinski definition) is 2. The average Bonchev–Trinajstić information content (AvgIpc) is 2.45. The number of carbonyl (C=O) groups excluding carboxylic acids is 1. The lowest BCUT2D eigenvalue weighted by Gasteiger charge is -2.07. The zero-order valence-corrected chi connectivity index (χ0v) is 11.6. The van der Waals surface area contributed by atoms with Crippen LogP contribution in [0.5, 0.6) is 0 Å². The van der Waals surface area contributed by atoms with Gasteiger partial charge in [-0.25, -0.2) is 4.39 Å². The number of hydrogen-bond acceptors (Lipinski definition) is 4. The Bertz CT molecular complexity index is 546. The summed E-state index contributed by atoms with van der Waals surface area (Å²) in [7, 11) is 0. The molecule has 0 radical (unpaired) electrons. The summed E-state index contributed by atoms with van der Waals surface area (Å²) in [6.07, 6.45) is 2.97. The van der Waals surface area contributed by atoms with Crippen molar-refractivity contribution in [2.75, 3.05) is 6.54 Å². The maximum absolute atomic E-state index is 13.0. The van der Waals surface area contributed by atoms with Crippen molar-refractivity contribution in [2.24, 2.45) is 0 Å². The Morgan fingerprint density at radius 1 is 1.57 bits per heavy atom. The summed E-state index contributed by atoms with van der Waals surface area (Å²) < 4.78 is 13.0. The van der Waals surface area contributed by atoms with Gasteiger partial charge in [0.2, 0.25) is 5.91 Å². The smallest absolute Gasteiger partial charge is 0.279 e. The maximum atomic E-state index is 13.0. The van der Waals surface area contributed by atoms with Crippen LogP contribution in [-0.2, 0) is 4.79 Å². The van der Waals surface area contributed by atoms with Gasteiger partial charge in [-0.15, -0.1) is 0 Å². The number of benzene rings is 1. The van der Waals surface area contributed by atoms with Gasteiger partial charge in [-0.1, -0.05) is 6.92 Å². The van der Waals surface area contributed by atoms with E-state index in [1.807, 2.05) is 6.92 Å². The van der Waals surface area contributed by atoms with E-state index in [1.165, 1.54) is 12.1 Å². The molecule has 114 valence electrons. The Balaban J connectivity index is 2.64. The molecule has 0 aliphatic heterocycles. The highest BCUT2D eigenvalue weighted by Gasteiger charge is 2.12. The minimum atomic E-state index is -0.711. The van der Waals surface area contributed by atoms with E-state index in [2.05, 4.69) is 5.32 Å². The average molecular weight is 296 g/mol. The number of aliphatic hydroxyl groups excluding tert-OH is 1. The van der Waals surface area contributed by atoms with E-state index in [-0.39, 0.29) is 5.56 Å². The van der Waals surface area contributed by atoms with Crippen LogP contribution in [0.4, 0.5) is 10.1 Å². The van der Waals surface area contributed by atoms with E-state index in [1.54, 1.807) is 0 Å². The number of nitrogens with one attached hydrogen (secondary N) is 1. The maximum Gasteiger partial charge on any atom is 0.279 e. The second kappa shape index (κ2) is 8.11. The summed E-state index contributed by atoms with van der Waals surface area (Å²) in [4.78, 5) is 21.6. The molecule has 21 heavy (non-hydrogen) atoms. The van der Waals surface area contributed by atoms with E-state index < -0.39 is 28.4 Å². The van der Waals surface area contributed by atoms with Crippen molar-refractivity contribution in [3.8, 4) is 0 Å². The fraction of sp³-hybridized carbons (Fsp3) is 0.357. The van der Waals surface area contributed by atoms with Crippen LogP contribution >= 0.6 is 0 Å². The number of amides is 1. The van der Waals surface area contributed by atoms with Crippen molar-refractivity contribution in [3.05, 3.63) is 45.8 Å². The zero-order chi connectivity index (χ0) is 15.8. The summed E-state index contributed by atoms with van der Waals surface area (Å²) >= 11 is 0. The first kappa shape index (κ1) is 16.8. The Morgan fingerprint density at radius 3 is 2.90 bits per heavy atom. The number of rotatable bonds is 7. The molecule has 1 aromatic carbocycles. The molecule has 0 aliphatic rings. The lowest BCUT2D eigenvalue weighted by Crippen LogP contribution is -2.25. The van der Waals surface area contributed by atoms with Crippen LogP contribution in [0.15, 0.2) is 24.3 Å². The molecule has 1 rings (SSSR count). The highest BCUT2D eigenvalue weighted by atomic mass is 19.1. The monoisotopic (exact) mass is 296 g/mol. The number of halogens is 1. The quantitative estimate of drug-likeness (QED) is 0.457. The molecule has 6 nitrogen and oxygen atoms in total. The van der Waals surface area contributed by atoms with Gasteiger partial charge in [0, 0.05) is 12.6 Å². The van der Waals surface area contributed by atoms with E-state index in [0.29, 0.717) is 19.4 Å². The third-order valence-electron chi connectivity index (χ3n) is 2.85. The van der Waals surface area contributed by atoms with Gasteiger partial charge in [0.05, 0.1) is 22.7 Å². The molecule has 2 N–H and O–H groups in total. The lowest BCUT2D eigenvalue weighted by atomic mass is 10.1. The van der Waals surface area contributed by atoms with Gasteiger partial charge in [-0.05, 0) is 31.1 Å². The van der Waals surface area contributed by atoms with Crippen molar-refractivity contribution in [2.45, 2.75) is 25.9 Å². The standard InChI is InChI=1S/C14H17FN2O4/c1-2-12(18)7-8-16-14(19)6-4-10-3-5-11(15)9-13(10)17(20)21/h3-6,9,12,18H,2,7-8H2,1H3,(H,16,19)/b6-4+. The predicted molar refractivity (Wildman–Crippen MR) is 76.0 cm³/mol. The Hall–Kier alpha value is -2.28. The highest BCUT2D eigenvalue weighted by Crippen LogP contribution is 2.20. The topological polar surface area (TPSA) is 92.5 Å². The number of nitro benzene ring substituents is 1. The normalized spacial score (nSPS) is 12.3. The molecule has 0 aromatic heterocycles. The van der Waals surface area contributed by atoms with Crippen LogP contribution in [0.25, 0.3) is 6.08 Å². The third-order valence-corrected chi connectivity index (χ3v) is 2.85. The van der Waals surface area contributed by atoms with Crippen molar-refractivity contribution in [3.63, 3.8) is 0 Å². The minimum absolute atomic E-state index is 0.144. The SMILES string of the molecule is CCC(O)CCNC(=O)/C=C/c1ccc(F)cc1[N+](=O)[O-]. The molecule has 1 atom stereocenters. The summed E-state index contributed by atoms with van der Waals surface area (Å²) in [5, 5.41) is 22.6. The van der Waals surface area contributed by atoms with Gasteiger partial charge < -0.3 is 10.4 Å². The Labute approximate surface area is 121 Å². The first-order valence-electron chi connectivity index (χ1n) is 6.52. The molecule has 0 saturated heterocycles. The van der Waals surface area contributed by atoms with Crippen LogP contribution in [0.3, 0.4) is 0 Å². The van der Waals surface area contributed by atoms with E-state index >= 15 is 0 Å². The van der Waals surface area contributed by atoms with Crippen molar-refractivity contribution >= 4 is 17.7 Å². The van der Waals surface area contributed by atoms with Gasteiger partial charge >= 0.3 is 0 Å². The Morgan fingerprint density at radius 2 is 2.29 bits per heavy atom. The number of carbonyl (C=O) groups is 1. The summed E-state index contributed by atoms with van der Waals surface area (Å²) in [5.41, 5.74) is -0.259. The van der Waals surface area contributed by atoms with Crippen molar-refractivity contribution < 1.29 is 19.2 Å². The van der Waals surface area contributed by atoms with Gasteiger partial charge in [-0.3, -0.25) is 14.9 Å².